The van der Waals surface area contributed by atoms with Crippen molar-refractivity contribution in [1.82, 2.24) is 4.13 Å². The van der Waals surface area contributed by atoms with Gasteiger partial charge in [-0.25, -0.2) is 12.6 Å². The molecule has 0 heterocycles. The van der Waals surface area contributed by atoms with Crippen LogP contribution >= 0.6 is 0 Å². The topological polar surface area (TPSA) is 63.2 Å². The van der Waals surface area contributed by atoms with Gasteiger partial charge in [0.15, 0.2) is 0 Å². The van der Waals surface area contributed by atoms with Crippen molar-refractivity contribution < 1.29 is 12.6 Å². The SMILES string of the molecule is CC(C)[C@H](/C=C/CCCc1ccccc1)S(=O)NS(=O)(=O)c1ccccc1. The van der Waals surface area contributed by atoms with Crippen molar-refractivity contribution >= 4 is 21.0 Å². The lowest BCUT2D eigenvalue weighted by atomic mass is 10.1. The van der Waals surface area contributed by atoms with Gasteiger partial charge in [-0.3, -0.25) is 0 Å². The van der Waals surface area contributed by atoms with Crippen molar-refractivity contribution in [2.45, 2.75) is 43.3 Å². The van der Waals surface area contributed by atoms with Crippen LogP contribution in [0.25, 0.3) is 0 Å². The van der Waals surface area contributed by atoms with Gasteiger partial charge in [0.2, 0.25) is 0 Å². The molecule has 1 N–H and O–H groups in total. The molecule has 0 aromatic heterocycles. The maximum Gasteiger partial charge on any atom is 0.251 e. The number of rotatable bonds is 10. The Hall–Kier alpha value is -1.76. The van der Waals surface area contributed by atoms with Gasteiger partial charge in [-0.1, -0.05) is 74.5 Å². The molecule has 0 saturated heterocycles. The van der Waals surface area contributed by atoms with E-state index in [2.05, 4.69) is 16.3 Å². The average Bonchev–Trinajstić information content (AvgIpc) is 2.65. The molecule has 2 aromatic carbocycles. The molecule has 2 rings (SSSR count). The molecular formula is C21H27NO3S2. The largest absolute Gasteiger partial charge is 0.251 e. The fourth-order valence-electron chi connectivity index (χ4n) is 2.65. The van der Waals surface area contributed by atoms with E-state index in [1.807, 2.05) is 44.2 Å². The van der Waals surface area contributed by atoms with Crippen LogP contribution in [0.4, 0.5) is 0 Å². The fraction of sp³-hybridized carbons (Fsp3) is 0.333. The quantitative estimate of drug-likeness (QED) is 0.475. The summed E-state index contributed by atoms with van der Waals surface area (Å²) in [6, 6.07) is 18.3. The van der Waals surface area contributed by atoms with Gasteiger partial charge in [0.1, 0.15) is 11.0 Å². The molecule has 0 radical (unpaired) electrons. The Bertz CT molecular complexity index is 848. The summed E-state index contributed by atoms with van der Waals surface area (Å²) in [5, 5.41) is -0.375. The van der Waals surface area contributed by atoms with Gasteiger partial charge in [-0.05, 0) is 42.9 Å². The summed E-state index contributed by atoms with van der Waals surface area (Å²) in [6.07, 6.45) is 6.72. The standard InChI is InChI=1S/C21H27NO3S2/c1-18(2)21(17-11-4-8-14-19-12-6-3-7-13-19)26(23)22-27(24,25)20-15-9-5-10-16-20/h3,5-7,9-13,15-18,21-22H,4,8,14H2,1-2H3/b17-11+/t21-,26?/m0/s1. The molecule has 1 unspecified atom stereocenters. The Morgan fingerprint density at radius 1 is 1.00 bits per heavy atom. The summed E-state index contributed by atoms with van der Waals surface area (Å²) in [4.78, 5) is 0.118. The van der Waals surface area contributed by atoms with Gasteiger partial charge < -0.3 is 0 Å². The summed E-state index contributed by atoms with van der Waals surface area (Å²) >= 11 is 0. The molecule has 0 bridgehead atoms. The van der Waals surface area contributed by atoms with Gasteiger partial charge in [0, 0.05) is 0 Å². The number of allylic oxidation sites excluding steroid dienone is 1. The summed E-state index contributed by atoms with van der Waals surface area (Å²) < 4.78 is 39.7. The van der Waals surface area contributed by atoms with E-state index in [9.17, 15) is 12.6 Å². The number of benzene rings is 2. The Balaban J connectivity index is 1.92. The number of hydrogen-bond acceptors (Lipinski definition) is 3. The molecule has 0 amide bonds. The van der Waals surface area contributed by atoms with Gasteiger partial charge in [-0.2, -0.15) is 0 Å². The number of aryl methyl sites for hydroxylation is 1. The summed E-state index contributed by atoms with van der Waals surface area (Å²) in [6.45, 7) is 3.88. The first-order chi connectivity index (χ1) is 12.9. The molecule has 0 aliphatic rings. The molecule has 0 spiro atoms. The monoisotopic (exact) mass is 405 g/mol. The highest BCUT2D eigenvalue weighted by Gasteiger charge is 2.24. The minimum atomic E-state index is -3.79. The Morgan fingerprint density at radius 2 is 1.59 bits per heavy atom. The molecule has 0 fully saturated rings. The van der Waals surface area contributed by atoms with Crippen LogP contribution < -0.4 is 4.13 Å². The zero-order valence-corrected chi connectivity index (χ0v) is 17.4. The van der Waals surface area contributed by atoms with E-state index in [1.54, 1.807) is 18.2 Å². The predicted octanol–water partition coefficient (Wildman–Crippen LogP) is 4.23. The molecule has 6 heteroatoms. The van der Waals surface area contributed by atoms with Crippen molar-refractivity contribution in [3.8, 4) is 0 Å². The van der Waals surface area contributed by atoms with E-state index >= 15 is 0 Å². The van der Waals surface area contributed by atoms with Crippen LogP contribution in [0.2, 0.25) is 0 Å². The van der Waals surface area contributed by atoms with Gasteiger partial charge in [-0.15, -0.1) is 4.13 Å². The normalized spacial score (nSPS) is 14.5. The second kappa shape index (κ2) is 10.5. The zero-order chi connectivity index (χ0) is 19.7. The highest BCUT2D eigenvalue weighted by molar-refractivity contribution is 8.02. The van der Waals surface area contributed by atoms with Crippen molar-refractivity contribution in [3.63, 3.8) is 0 Å². The third kappa shape index (κ3) is 7.05. The third-order valence-electron chi connectivity index (χ3n) is 4.15. The molecule has 4 nitrogen and oxygen atoms in total. The van der Waals surface area contributed by atoms with Crippen molar-refractivity contribution in [2.24, 2.45) is 5.92 Å². The summed E-state index contributed by atoms with van der Waals surface area (Å²) in [5.41, 5.74) is 1.30. The van der Waals surface area contributed by atoms with E-state index < -0.39 is 21.0 Å². The maximum atomic E-state index is 12.6. The van der Waals surface area contributed by atoms with Crippen molar-refractivity contribution in [1.29, 1.82) is 0 Å². The van der Waals surface area contributed by atoms with Crippen LogP contribution in [0, 0.1) is 5.92 Å². The Labute approximate surface area is 165 Å². The van der Waals surface area contributed by atoms with E-state index in [4.69, 9.17) is 0 Å². The first-order valence-corrected chi connectivity index (χ1v) is 11.8. The highest BCUT2D eigenvalue weighted by atomic mass is 32.3. The van der Waals surface area contributed by atoms with Gasteiger partial charge in [0.25, 0.3) is 10.0 Å². The van der Waals surface area contributed by atoms with E-state index in [0.29, 0.717) is 0 Å². The molecule has 146 valence electrons. The summed E-state index contributed by atoms with van der Waals surface area (Å²) in [5.74, 6) is 0.0506. The minimum Gasteiger partial charge on any atom is -0.241 e. The molecule has 2 atom stereocenters. The van der Waals surface area contributed by atoms with E-state index in [1.165, 1.54) is 17.7 Å². The summed E-state index contributed by atoms with van der Waals surface area (Å²) in [7, 11) is -5.52. The maximum absolute atomic E-state index is 12.6. The molecule has 27 heavy (non-hydrogen) atoms. The van der Waals surface area contributed by atoms with Crippen LogP contribution in [0.15, 0.2) is 77.7 Å². The lowest BCUT2D eigenvalue weighted by molar-refractivity contribution is 0.589. The number of hydrogen-bond donors (Lipinski definition) is 1. The second-order valence-corrected chi connectivity index (χ2v) is 10.00. The average molecular weight is 406 g/mol. The van der Waals surface area contributed by atoms with Crippen LogP contribution in [-0.2, 0) is 27.4 Å². The van der Waals surface area contributed by atoms with Crippen LogP contribution in [0.1, 0.15) is 32.3 Å². The number of nitrogens with one attached hydrogen (secondary N) is 1. The number of unbranched alkanes of at least 4 members (excludes halogenated alkanes) is 1. The lowest BCUT2D eigenvalue weighted by Crippen LogP contribution is -2.34. The van der Waals surface area contributed by atoms with Gasteiger partial charge in [0.05, 0.1) is 10.1 Å². The Kier molecular flexibility index (Phi) is 8.41. The van der Waals surface area contributed by atoms with E-state index in [0.717, 1.165) is 19.3 Å². The van der Waals surface area contributed by atoms with Crippen LogP contribution in [0.3, 0.4) is 0 Å². The molecule has 0 aliphatic heterocycles. The van der Waals surface area contributed by atoms with Crippen molar-refractivity contribution in [3.05, 3.63) is 78.4 Å². The fourth-order valence-corrected chi connectivity index (χ4v) is 5.61. The first kappa shape index (κ1) is 21.5. The smallest absolute Gasteiger partial charge is 0.241 e. The lowest BCUT2D eigenvalue weighted by Gasteiger charge is -2.17. The van der Waals surface area contributed by atoms with Gasteiger partial charge >= 0.3 is 0 Å². The van der Waals surface area contributed by atoms with Crippen LogP contribution in [-0.4, -0.2) is 17.9 Å². The molecular weight excluding hydrogens is 378 g/mol. The highest BCUT2D eigenvalue weighted by Crippen LogP contribution is 2.15. The number of sulfonamides is 1. The second-order valence-electron chi connectivity index (χ2n) is 6.71. The molecule has 2 aromatic rings. The zero-order valence-electron chi connectivity index (χ0n) is 15.7. The Morgan fingerprint density at radius 3 is 2.19 bits per heavy atom. The predicted molar refractivity (Wildman–Crippen MR) is 112 cm³/mol. The molecule has 0 saturated carbocycles. The molecule has 0 aliphatic carbocycles. The first-order valence-electron chi connectivity index (χ1n) is 9.09. The minimum absolute atomic E-state index is 0.0506. The van der Waals surface area contributed by atoms with E-state index in [-0.39, 0.29) is 16.1 Å². The van der Waals surface area contributed by atoms with Crippen molar-refractivity contribution in [2.75, 3.05) is 0 Å². The van der Waals surface area contributed by atoms with Crippen LogP contribution in [0.5, 0.6) is 0 Å². The third-order valence-corrected chi connectivity index (χ3v) is 7.78.